The number of nitrogens with two attached hydrogens (primary N) is 2. The predicted octanol–water partition coefficient (Wildman–Crippen LogP) is -1.63. The summed E-state index contributed by atoms with van der Waals surface area (Å²) in [5, 5.41) is 35.2. The Morgan fingerprint density at radius 3 is 2.02 bits per heavy atom. The number of benzene rings is 1. The number of phenolic OH excluding ortho intramolecular Hbond substituents is 1. The number of carboxylic acid groups (broad SMARTS) is 2. The number of amides is 3. The number of phenols is 1. The SMILES string of the molecule is NCCCCC(N)C(=O)NC(Cc1cnc[nH]1)C(=O)NC(Cc1ccc(O)cc1)C(=O)NC(CC(=O)O)C(=O)O. The molecule has 3 amide bonds. The molecule has 0 aliphatic rings. The maximum atomic E-state index is 13.4. The first-order valence-corrected chi connectivity index (χ1v) is 12.6. The van der Waals surface area contributed by atoms with Crippen molar-refractivity contribution in [1.82, 2.24) is 25.9 Å². The van der Waals surface area contributed by atoms with Crippen molar-refractivity contribution >= 4 is 29.7 Å². The molecule has 1 heterocycles. The summed E-state index contributed by atoms with van der Waals surface area (Å²) in [6.45, 7) is 0.443. The Morgan fingerprint density at radius 1 is 0.875 bits per heavy atom. The first-order chi connectivity index (χ1) is 19.0. The molecule has 0 saturated heterocycles. The third-order valence-electron chi connectivity index (χ3n) is 5.92. The van der Waals surface area contributed by atoms with Crippen molar-refractivity contribution in [1.29, 1.82) is 0 Å². The number of nitrogens with zero attached hydrogens (tertiary/aromatic N) is 1. The van der Waals surface area contributed by atoms with Crippen LogP contribution in [0.5, 0.6) is 5.75 Å². The van der Waals surface area contributed by atoms with Gasteiger partial charge in [-0.1, -0.05) is 18.6 Å². The molecule has 0 aliphatic heterocycles. The van der Waals surface area contributed by atoms with E-state index in [1.165, 1.54) is 36.8 Å². The van der Waals surface area contributed by atoms with Gasteiger partial charge in [0.2, 0.25) is 17.7 Å². The van der Waals surface area contributed by atoms with Crippen molar-refractivity contribution in [2.45, 2.75) is 62.7 Å². The van der Waals surface area contributed by atoms with Crippen molar-refractivity contribution in [3.63, 3.8) is 0 Å². The third kappa shape index (κ3) is 10.7. The van der Waals surface area contributed by atoms with Crippen LogP contribution in [0.2, 0.25) is 0 Å². The van der Waals surface area contributed by atoms with Gasteiger partial charge in [0.15, 0.2) is 0 Å². The highest BCUT2D eigenvalue weighted by atomic mass is 16.4. The average molecular weight is 562 g/mol. The van der Waals surface area contributed by atoms with Gasteiger partial charge < -0.3 is 47.7 Å². The Morgan fingerprint density at radius 2 is 1.48 bits per heavy atom. The van der Waals surface area contributed by atoms with Crippen LogP contribution in [0.25, 0.3) is 0 Å². The molecule has 11 N–H and O–H groups in total. The molecule has 15 heteroatoms. The first-order valence-electron chi connectivity index (χ1n) is 12.6. The Bertz CT molecular complexity index is 1140. The van der Waals surface area contributed by atoms with Crippen LogP contribution in [0.15, 0.2) is 36.8 Å². The van der Waals surface area contributed by atoms with Crippen molar-refractivity contribution in [2.75, 3.05) is 6.54 Å². The second-order valence-corrected chi connectivity index (χ2v) is 9.16. The second kappa shape index (κ2) is 15.8. The van der Waals surface area contributed by atoms with E-state index >= 15 is 0 Å². The molecule has 2 aromatic rings. The highest BCUT2D eigenvalue weighted by molar-refractivity contribution is 5.94. The third-order valence-corrected chi connectivity index (χ3v) is 5.92. The van der Waals surface area contributed by atoms with Gasteiger partial charge in [-0.05, 0) is 37.1 Å². The number of unbranched alkanes of at least 4 members (excludes halogenated alkanes) is 1. The summed E-state index contributed by atoms with van der Waals surface area (Å²) >= 11 is 0. The van der Waals surface area contributed by atoms with Gasteiger partial charge in [-0.25, -0.2) is 9.78 Å². The van der Waals surface area contributed by atoms with E-state index in [-0.39, 0.29) is 18.6 Å². The number of aromatic amines is 1. The van der Waals surface area contributed by atoms with E-state index in [1.807, 2.05) is 0 Å². The lowest BCUT2D eigenvalue weighted by atomic mass is 10.0. The fraction of sp³-hybridized carbons (Fsp3) is 0.440. The van der Waals surface area contributed by atoms with Gasteiger partial charge in [0.25, 0.3) is 0 Å². The lowest BCUT2D eigenvalue weighted by Crippen LogP contribution is -2.58. The number of aliphatic carboxylic acids is 2. The Balaban J connectivity index is 2.27. The number of carboxylic acids is 2. The minimum Gasteiger partial charge on any atom is -0.508 e. The Hall–Kier alpha value is -4.50. The number of aromatic nitrogens is 2. The summed E-state index contributed by atoms with van der Waals surface area (Å²) in [4.78, 5) is 68.6. The zero-order valence-corrected chi connectivity index (χ0v) is 21.7. The predicted molar refractivity (Wildman–Crippen MR) is 141 cm³/mol. The van der Waals surface area contributed by atoms with Crippen LogP contribution in [0, 0.1) is 0 Å². The molecule has 1 aromatic heterocycles. The van der Waals surface area contributed by atoms with Gasteiger partial charge in [-0.15, -0.1) is 0 Å². The van der Waals surface area contributed by atoms with Crippen LogP contribution in [0.4, 0.5) is 0 Å². The summed E-state index contributed by atoms with van der Waals surface area (Å²) in [6.07, 6.45) is 3.41. The number of aromatic hydroxyl groups is 1. The number of hydrogen-bond donors (Lipinski definition) is 9. The highest BCUT2D eigenvalue weighted by Crippen LogP contribution is 2.12. The smallest absolute Gasteiger partial charge is 0.326 e. The zero-order chi connectivity index (χ0) is 29.7. The zero-order valence-electron chi connectivity index (χ0n) is 21.7. The molecule has 4 atom stereocenters. The largest absolute Gasteiger partial charge is 0.508 e. The molecule has 2 rings (SSSR count). The number of carbonyl (C=O) groups excluding carboxylic acids is 3. The summed E-state index contributed by atoms with van der Waals surface area (Å²) in [5.74, 6) is -5.38. The second-order valence-electron chi connectivity index (χ2n) is 9.16. The molecule has 218 valence electrons. The molecule has 0 saturated carbocycles. The maximum absolute atomic E-state index is 13.4. The summed E-state index contributed by atoms with van der Waals surface area (Å²) < 4.78 is 0. The molecule has 15 nitrogen and oxygen atoms in total. The fourth-order valence-corrected chi connectivity index (χ4v) is 3.74. The quantitative estimate of drug-likeness (QED) is 0.0990. The Labute approximate surface area is 229 Å². The van der Waals surface area contributed by atoms with E-state index in [0.29, 0.717) is 37.1 Å². The van der Waals surface area contributed by atoms with E-state index in [4.69, 9.17) is 16.6 Å². The van der Waals surface area contributed by atoms with Crippen LogP contribution < -0.4 is 27.4 Å². The normalized spacial score (nSPS) is 13.8. The van der Waals surface area contributed by atoms with E-state index in [2.05, 4.69) is 25.9 Å². The van der Waals surface area contributed by atoms with E-state index in [0.717, 1.165) is 0 Å². The van der Waals surface area contributed by atoms with Crippen molar-refractivity contribution < 1.29 is 39.3 Å². The molecule has 0 bridgehead atoms. The molecule has 0 spiro atoms. The number of hydrogen-bond acceptors (Lipinski definition) is 9. The summed E-state index contributed by atoms with van der Waals surface area (Å²) in [5.41, 5.74) is 12.5. The van der Waals surface area contributed by atoms with E-state index in [1.54, 1.807) is 0 Å². The molecule has 0 fully saturated rings. The van der Waals surface area contributed by atoms with Gasteiger partial charge in [0.05, 0.1) is 18.8 Å². The van der Waals surface area contributed by atoms with E-state index < -0.39 is 60.2 Å². The van der Waals surface area contributed by atoms with Crippen molar-refractivity contribution in [3.8, 4) is 5.75 Å². The lowest BCUT2D eigenvalue weighted by molar-refractivity contribution is -0.147. The van der Waals surface area contributed by atoms with Crippen LogP contribution in [-0.4, -0.2) is 85.7 Å². The van der Waals surface area contributed by atoms with Gasteiger partial charge in [-0.3, -0.25) is 19.2 Å². The Kier molecular flexibility index (Phi) is 12.5. The number of H-pyrrole nitrogens is 1. The number of nitrogens with one attached hydrogen (secondary N) is 4. The summed E-state index contributed by atoms with van der Waals surface area (Å²) in [6, 6.07) is 0.497. The molecule has 0 aliphatic carbocycles. The van der Waals surface area contributed by atoms with Crippen molar-refractivity contribution in [3.05, 3.63) is 48.0 Å². The monoisotopic (exact) mass is 561 g/mol. The first kappa shape index (κ1) is 31.7. The molecular weight excluding hydrogens is 526 g/mol. The minimum atomic E-state index is -1.75. The van der Waals surface area contributed by atoms with Crippen LogP contribution >= 0.6 is 0 Å². The van der Waals surface area contributed by atoms with Crippen molar-refractivity contribution in [2.24, 2.45) is 11.5 Å². The number of carbonyl (C=O) groups is 5. The fourth-order valence-electron chi connectivity index (χ4n) is 3.74. The molecule has 4 unspecified atom stereocenters. The van der Waals surface area contributed by atoms with Crippen LogP contribution in [0.3, 0.4) is 0 Å². The number of imidazole rings is 1. The van der Waals surface area contributed by atoms with Gasteiger partial charge in [0.1, 0.15) is 23.9 Å². The van der Waals surface area contributed by atoms with Crippen LogP contribution in [-0.2, 0) is 36.8 Å². The van der Waals surface area contributed by atoms with Gasteiger partial charge in [-0.2, -0.15) is 0 Å². The molecule has 40 heavy (non-hydrogen) atoms. The average Bonchev–Trinajstić information content (AvgIpc) is 3.41. The highest BCUT2D eigenvalue weighted by Gasteiger charge is 2.31. The number of rotatable bonds is 17. The molecular formula is C25H35N7O8. The maximum Gasteiger partial charge on any atom is 0.326 e. The van der Waals surface area contributed by atoms with Gasteiger partial charge >= 0.3 is 11.9 Å². The molecule has 1 aromatic carbocycles. The van der Waals surface area contributed by atoms with E-state index in [9.17, 15) is 34.2 Å². The standard InChI is InChI=1S/C25H35N7O8/c26-8-2-1-3-17(27)22(36)30-19(10-15-12-28-13-29-15)24(38)31-18(9-14-4-6-16(33)7-5-14)23(37)32-20(25(39)40)11-21(34)35/h4-7,12-13,17-20,33H,1-3,8-11,26-27H2,(H,28,29)(H,30,36)(H,31,38)(H,32,37)(H,34,35)(H,39,40). The van der Waals surface area contributed by atoms with Gasteiger partial charge in [0, 0.05) is 24.7 Å². The summed E-state index contributed by atoms with van der Waals surface area (Å²) in [7, 11) is 0. The molecule has 0 radical (unpaired) electrons. The topological polar surface area (TPSA) is 263 Å². The lowest BCUT2D eigenvalue weighted by Gasteiger charge is -2.25. The minimum absolute atomic E-state index is 0.0304. The van der Waals surface area contributed by atoms with Crippen LogP contribution in [0.1, 0.15) is 36.9 Å².